The number of rotatable bonds is 3. The summed E-state index contributed by atoms with van der Waals surface area (Å²) in [7, 11) is 1.53. The summed E-state index contributed by atoms with van der Waals surface area (Å²) in [5.74, 6) is 0.233. The number of ether oxygens (including phenoxy) is 1. The standard InChI is InChI=1S/C12H15N3O3/c1-18-10-4-2-7(6-8(10)13)14-12(17)9-3-5-11(16)15-9/h2,4,6,9H,3,5,13H2,1H3,(H,14,17)(H,15,16)/t9-/m0/s1. The Morgan fingerprint density at radius 1 is 1.56 bits per heavy atom. The van der Waals surface area contributed by atoms with Gasteiger partial charge < -0.3 is 21.1 Å². The van der Waals surface area contributed by atoms with Crippen LogP contribution >= 0.6 is 0 Å². The van der Waals surface area contributed by atoms with E-state index in [-0.39, 0.29) is 11.8 Å². The SMILES string of the molecule is COc1ccc(NC(=O)[C@@H]2CCC(=O)N2)cc1N. The molecule has 0 aromatic heterocycles. The first-order valence-electron chi connectivity index (χ1n) is 5.64. The van der Waals surface area contributed by atoms with Gasteiger partial charge in [0.2, 0.25) is 11.8 Å². The Morgan fingerprint density at radius 3 is 2.89 bits per heavy atom. The fourth-order valence-corrected chi connectivity index (χ4v) is 1.85. The lowest BCUT2D eigenvalue weighted by Crippen LogP contribution is -2.37. The lowest BCUT2D eigenvalue weighted by Gasteiger charge is -2.12. The van der Waals surface area contributed by atoms with Gasteiger partial charge in [0.05, 0.1) is 12.8 Å². The van der Waals surface area contributed by atoms with Crippen LogP contribution in [0.15, 0.2) is 18.2 Å². The summed E-state index contributed by atoms with van der Waals surface area (Å²) in [4.78, 5) is 22.8. The van der Waals surface area contributed by atoms with Crippen molar-refractivity contribution < 1.29 is 14.3 Å². The molecular weight excluding hydrogens is 234 g/mol. The van der Waals surface area contributed by atoms with Gasteiger partial charge in [0.25, 0.3) is 0 Å². The Hall–Kier alpha value is -2.24. The maximum absolute atomic E-state index is 11.8. The number of methoxy groups -OCH3 is 1. The van der Waals surface area contributed by atoms with Crippen molar-refractivity contribution in [1.29, 1.82) is 0 Å². The summed E-state index contributed by atoms with van der Waals surface area (Å²) in [6.07, 6.45) is 0.916. The van der Waals surface area contributed by atoms with Crippen molar-refractivity contribution in [3.63, 3.8) is 0 Å². The van der Waals surface area contributed by atoms with E-state index >= 15 is 0 Å². The van der Waals surface area contributed by atoms with Gasteiger partial charge in [0.1, 0.15) is 11.8 Å². The number of nitrogen functional groups attached to an aromatic ring is 1. The molecule has 2 amide bonds. The highest BCUT2D eigenvalue weighted by atomic mass is 16.5. The van der Waals surface area contributed by atoms with E-state index in [9.17, 15) is 9.59 Å². The minimum absolute atomic E-state index is 0.0932. The van der Waals surface area contributed by atoms with Crippen molar-refractivity contribution >= 4 is 23.2 Å². The molecule has 18 heavy (non-hydrogen) atoms. The lowest BCUT2D eigenvalue weighted by molar-refractivity contribution is -0.122. The largest absolute Gasteiger partial charge is 0.495 e. The second kappa shape index (κ2) is 4.95. The molecule has 0 radical (unpaired) electrons. The number of nitrogens with one attached hydrogen (secondary N) is 2. The number of carbonyl (C=O) groups excluding carboxylic acids is 2. The Kier molecular flexibility index (Phi) is 3.36. The Balaban J connectivity index is 2.03. The predicted octanol–water partition coefficient (Wildman–Crippen LogP) is 0.494. The smallest absolute Gasteiger partial charge is 0.246 e. The van der Waals surface area contributed by atoms with E-state index < -0.39 is 6.04 Å². The summed E-state index contributed by atoms with van der Waals surface area (Å²) >= 11 is 0. The van der Waals surface area contributed by atoms with Gasteiger partial charge in [-0.05, 0) is 24.6 Å². The third-order valence-electron chi connectivity index (χ3n) is 2.81. The van der Waals surface area contributed by atoms with Crippen molar-refractivity contribution in [1.82, 2.24) is 5.32 Å². The molecule has 2 rings (SSSR count). The Bertz CT molecular complexity index is 487. The Morgan fingerprint density at radius 2 is 2.33 bits per heavy atom. The molecule has 0 unspecified atom stereocenters. The normalized spacial score (nSPS) is 18.3. The van der Waals surface area contributed by atoms with E-state index in [0.717, 1.165) is 0 Å². The van der Waals surface area contributed by atoms with E-state index in [1.165, 1.54) is 7.11 Å². The molecule has 96 valence electrons. The molecule has 1 fully saturated rings. The van der Waals surface area contributed by atoms with E-state index in [1.54, 1.807) is 18.2 Å². The van der Waals surface area contributed by atoms with E-state index in [1.807, 2.05) is 0 Å². The Labute approximate surface area is 104 Å². The third-order valence-corrected chi connectivity index (χ3v) is 2.81. The van der Waals surface area contributed by atoms with Gasteiger partial charge in [-0.2, -0.15) is 0 Å². The number of benzene rings is 1. The van der Waals surface area contributed by atoms with Crippen LogP contribution in [0.3, 0.4) is 0 Å². The minimum Gasteiger partial charge on any atom is -0.495 e. The minimum atomic E-state index is -0.458. The van der Waals surface area contributed by atoms with Crippen LogP contribution in [0.5, 0.6) is 5.75 Å². The number of amides is 2. The van der Waals surface area contributed by atoms with Gasteiger partial charge >= 0.3 is 0 Å². The molecule has 0 aliphatic carbocycles. The number of nitrogens with two attached hydrogens (primary N) is 1. The zero-order valence-corrected chi connectivity index (χ0v) is 10.0. The molecule has 0 spiro atoms. The number of hydrogen-bond acceptors (Lipinski definition) is 4. The van der Waals surface area contributed by atoms with E-state index in [0.29, 0.717) is 30.0 Å². The van der Waals surface area contributed by atoms with E-state index in [2.05, 4.69) is 10.6 Å². The molecule has 0 saturated carbocycles. The molecule has 1 saturated heterocycles. The average molecular weight is 249 g/mol. The summed E-state index contributed by atoms with van der Waals surface area (Å²) in [6, 6.07) is 4.54. The first-order chi connectivity index (χ1) is 8.60. The first-order valence-corrected chi connectivity index (χ1v) is 5.64. The summed E-state index contributed by atoms with van der Waals surface area (Å²) < 4.78 is 5.02. The van der Waals surface area contributed by atoms with Crippen LogP contribution in [0.4, 0.5) is 11.4 Å². The molecule has 1 heterocycles. The molecule has 6 heteroatoms. The van der Waals surface area contributed by atoms with Gasteiger partial charge in [-0.1, -0.05) is 0 Å². The van der Waals surface area contributed by atoms with Gasteiger partial charge in [-0.15, -0.1) is 0 Å². The van der Waals surface area contributed by atoms with Crippen molar-refractivity contribution in [3.05, 3.63) is 18.2 Å². The monoisotopic (exact) mass is 249 g/mol. The zero-order valence-electron chi connectivity index (χ0n) is 10.0. The highest BCUT2D eigenvalue weighted by Crippen LogP contribution is 2.24. The molecule has 0 bridgehead atoms. The molecule has 1 aliphatic heterocycles. The van der Waals surface area contributed by atoms with E-state index in [4.69, 9.17) is 10.5 Å². The summed E-state index contributed by atoms with van der Waals surface area (Å²) in [5.41, 5.74) is 6.77. The van der Waals surface area contributed by atoms with Crippen LogP contribution in [-0.4, -0.2) is 25.0 Å². The topological polar surface area (TPSA) is 93.4 Å². The number of carbonyl (C=O) groups is 2. The molecule has 6 nitrogen and oxygen atoms in total. The van der Waals surface area contributed by atoms with Crippen molar-refractivity contribution in [2.45, 2.75) is 18.9 Å². The van der Waals surface area contributed by atoms with Gasteiger partial charge in [0, 0.05) is 12.1 Å². The van der Waals surface area contributed by atoms with Crippen LogP contribution in [0.2, 0.25) is 0 Å². The van der Waals surface area contributed by atoms with Crippen molar-refractivity contribution in [3.8, 4) is 5.75 Å². The number of anilines is 2. The van der Waals surface area contributed by atoms with Crippen molar-refractivity contribution in [2.75, 3.05) is 18.2 Å². The molecule has 1 aliphatic rings. The maximum atomic E-state index is 11.8. The fourth-order valence-electron chi connectivity index (χ4n) is 1.85. The fraction of sp³-hybridized carbons (Fsp3) is 0.333. The average Bonchev–Trinajstić information content (AvgIpc) is 2.76. The zero-order chi connectivity index (χ0) is 13.1. The van der Waals surface area contributed by atoms with Gasteiger partial charge in [-0.25, -0.2) is 0 Å². The highest BCUT2D eigenvalue weighted by molar-refractivity contribution is 5.99. The molecule has 4 N–H and O–H groups in total. The van der Waals surface area contributed by atoms with Gasteiger partial charge in [-0.3, -0.25) is 9.59 Å². The summed E-state index contributed by atoms with van der Waals surface area (Å²) in [5, 5.41) is 5.31. The molecule has 1 atom stereocenters. The van der Waals surface area contributed by atoms with Crippen LogP contribution in [0, 0.1) is 0 Å². The highest BCUT2D eigenvalue weighted by Gasteiger charge is 2.27. The number of hydrogen-bond donors (Lipinski definition) is 3. The lowest BCUT2D eigenvalue weighted by atomic mass is 10.2. The van der Waals surface area contributed by atoms with Crippen molar-refractivity contribution in [2.24, 2.45) is 0 Å². The second-order valence-corrected chi connectivity index (χ2v) is 4.10. The quantitative estimate of drug-likeness (QED) is 0.680. The third kappa shape index (κ3) is 2.53. The predicted molar refractivity (Wildman–Crippen MR) is 67.2 cm³/mol. The molecule has 1 aromatic carbocycles. The summed E-state index contributed by atoms with van der Waals surface area (Å²) in [6.45, 7) is 0. The van der Waals surface area contributed by atoms with Crippen LogP contribution in [-0.2, 0) is 9.59 Å². The van der Waals surface area contributed by atoms with Gasteiger partial charge in [0.15, 0.2) is 0 Å². The van der Waals surface area contributed by atoms with Crippen LogP contribution in [0.25, 0.3) is 0 Å². The second-order valence-electron chi connectivity index (χ2n) is 4.10. The molecular formula is C12H15N3O3. The van der Waals surface area contributed by atoms with Crippen LogP contribution < -0.4 is 21.1 Å². The van der Waals surface area contributed by atoms with Crippen LogP contribution in [0.1, 0.15) is 12.8 Å². The first kappa shape index (κ1) is 12.2. The maximum Gasteiger partial charge on any atom is 0.246 e. The molecule has 1 aromatic rings.